The number of nitrogens with zero attached hydrogens (tertiary/aromatic N) is 2. The van der Waals surface area contributed by atoms with Crippen LogP contribution >= 0.6 is 0 Å². The van der Waals surface area contributed by atoms with Crippen molar-refractivity contribution < 1.29 is 5.11 Å². The van der Waals surface area contributed by atoms with Gasteiger partial charge >= 0.3 is 0 Å². The molecule has 2 aromatic rings. The zero-order chi connectivity index (χ0) is 11.1. The largest absolute Gasteiger partial charge is 0.390 e. The molecule has 0 saturated heterocycles. The van der Waals surface area contributed by atoms with E-state index in [0.29, 0.717) is 0 Å². The molecule has 0 bridgehead atoms. The van der Waals surface area contributed by atoms with Gasteiger partial charge in [-0.15, -0.1) is 0 Å². The first kappa shape index (κ1) is 10.2. The van der Waals surface area contributed by atoms with Gasteiger partial charge in [0.25, 0.3) is 0 Å². The van der Waals surface area contributed by atoms with Gasteiger partial charge in [-0.05, 0) is 11.5 Å². The lowest BCUT2D eigenvalue weighted by Crippen LogP contribution is -2.14. The zero-order valence-corrected chi connectivity index (χ0v) is 9.36. The summed E-state index contributed by atoms with van der Waals surface area (Å²) < 4.78 is 1.95. The van der Waals surface area contributed by atoms with Crippen molar-refractivity contribution in [3.05, 3.63) is 35.8 Å². The first-order valence-corrected chi connectivity index (χ1v) is 5.10. The van der Waals surface area contributed by atoms with Crippen LogP contribution in [0.4, 0.5) is 0 Å². The molecular weight excluding hydrogens is 188 g/mol. The van der Waals surface area contributed by atoms with Gasteiger partial charge in [0, 0.05) is 23.7 Å². The number of aromatic nitrogens is 2. The van der Waals surface area contributed by atoms with Crippen molar-refractivity contribution in [2.24, 2.45) is 0 Å². The number of rotatable bonds is 1. The molecule has 0 saturated carbocycles. The molecule has 2 aromatic heterocycles. The Labute approximate surface area is 89.4 Å². The minimum atomic E-state index is 0.0390. The van der Waals surface area contributed by atoms with Crippen LogP contribution in [0.5, 0.6) is 0 Å². The van der Waals surface area contributed by atoms with Crippen LogP contribution in [-0.4, -0.2) is 14.5 Å². The Balaban J connectivity index is 2.74. The van der Waals surface area contributed by atoms with Crippen LogP contribution in [0, 0.1) is 0 Å². The maximum atomic E-state index is 9.20. The summed E-state index contributed by atoms with van der Waals surface area (Å²) in [5, 5.41) is 9.20. The molecule has 0 aliphatic carbocycles. The molecule has 0 aromatic carbocycles. The third kappa shape index (κ3) is 1.63. The van der Waals surface area contributed by atoms with Gasteiger partial charge in [0.05, 0.1) is 6.61 Å². The Morgan fingerprint density at radius 3 is 2.67 bits per heavy atom. The number of imidazole rings is 1. The SMILES string of the molecule is CC(C)(C)c1ccc(CO)n2ccnc12. The molecule has 0 spiro atoms. The minimum absolute atomic E-state index is 0.0390. The quantitative estimate of drug-likeness (QED) is 0.772. The summed E-state index contributed by atoms with van der Waals surface area (Å²) in [4.78, 5) is 4.35. The van der Waals surface area contributed by atoms with Gasteiger partial charge in [-0.3, -0.25) is 0 Å². The smallest absolute Gasteiger partial charge is 0.140 e. The summed E-state index contributed by atoms with van der Waals surface area (Å²) in [6.45, 7) is 6.53. The highest BCUT2D eigenvalue weighted by Crippen LogP contribution is 2.26. The lowest BCUT2D eigenvalue weighted by Gasteiger charge is -2.20. The van der Waals surface area contributed by atoms with Gasteiger partial charge in [-0.1, -0.05) is 26.8 Å². The molecule has 0 aliphatic rings. The Hall–Kier alpha value is -1.35. The van der Waals surface area contributed by atoms with E-state index in [1.54, 1.807) is 6.20 Å². The minimum Gasteiger partial charge on any atom is -0.390 e. The summed E-state index contributed by atoms with van der Waals surface area (Å²) in [7, 11) is 0. The predicted octanol–water partition coefficient (Wildman–Crippen LogP) is 2.12. The highest BCUT2D eigenvalue weighted by Gasteiger charge is 2.18. The summed E-state index contributed by atoms with van der Waals surface area (Å²) in [5.41, 5.74) is 3.08. The average Bonchev–Trinajstić information content (AvgIpc) is 2.62. The molecule has 80 valence electrons. The first-order valence-electron chi connectivity index (χ1n) is 5.10. The zero-order valence-electron chi connectivity index (χ0n) is 9.36. The molecule has 3 heteroatoms. The lowest BCUT2D eigenvalue weighted by atomic mass is 9.87. The van der Waals surface area contributed by atoms with Gasteiger partial charge in [0.2, 0.25) is 0 Å². The number of pyridine rings is 1. The molecule has 3 nitrogen and oxygen atoms in total. The van der Waals surface area contributed by atoms with Crippen LogP contribution in [0.25, 0.3) is 5.65 Å². The number of hydrogen-bond donors (Lipinski definition) is 1. The maximum absolute atomic E-state index is 9.20. The Bertz CT molecular complexity index is 480. The Morgan fingerprint density at radius 2 is 2.07 bits per heavy atom. The van der Waals surface area contributed by atoms with E-state index < -0.39 is 0 Å². The summed E-state index contributed by atoms with van der Waals surface area (Å²) in [6.07, 6.45) is 3.65. The van der Waals surface area contributed by atoms with Gasteiger partial charge in [0.15, 0.2) is 0 Å². The van der Waals surface area contributed by atoms with E-state index in [1.165, 1.54) is 5.56 Å². The van der Waals surface area contributed by atoms with E-state index >= 15 is 0 Å². The molecule has 0 radical (unpaired) electrons. The second-order valence-electron chi connectivity index (χ2n) is 4.77. The number of aliphatic hydroxyl groups is 1. The van der Waals surface area contributed by atoms with Gasteiger partial charge in [-0.2, -0.15) is 0 Å². The highest BCUT2D eigenvalue weighted by atomic mass is 16.3. The summed E-state index contributed by atoms with van der Waals surface area (Å²) in [5.74, 6) is 0. The van der Waals surface area contributed by atoms with Crippen LogP contribution in [0.3, 0.4) is 0 Å². The van der Waals surface area contributed by atoms with Crippen molar-refractivity contribution in [2.45, 2.75) is 32.8 Å². The van der Waals surface area contributed by atoms with Crippen LogP contribution in [0.1, 0.15) is 32.0 Å². The third-order valence-electron chi connectivity index (χ3n) is 2.60. The van der Waals surface area contributed by atoms with Gasteiger partial charge < -0.3 is 9.51 Å². The maximum Gasteiger partial charge on any atom is 0.140 e. The molecule has 0 atom stereocenters. The molecule has 2 heterocycles. The molecule has 0 amide bonds. The van der Waals surface area contributed by atoms with Crippen molar-refractivity contribution in [3.63, 3.8) is 0 Å². The van der Waals surface area contributed by atoms with E-state index in [4.69, 9.17) is 0 Å². The molecule has 0 aliphatic heterocycles. The fourth-order valence-electron chi connectivity index (χ4n) is 1.78. The predicted molar refractivity (Wildman–Crippen MR) is 59.8 cm³/mol. The number of fused-ring (bicyclic) bond motifs is 1. The molecule has 0 unspecified atom stereocenters. The molecule has 1 N–H and O–H groups in total. The Morgan fingerprint density at radius 1 is 1.33 bits per heavy atom. The average molecular weight is 204 g/mol. The van der Waals surface area contributed by atoms with Gasteiger partial charge in [-0.25, -0.2) is 4.98 Å². The normalized spacial score (nSPS) is 12.3. The van der Waals surface area contributed by atoms with E-state index in [1.807, 2.05) is 22.7 Å². The standard InChI is InChI=1S/C12H16N2O/c1-12(2,3)10-5-4-9(8-15)14-7-6-13-11(10)14/h4-7,15H,8H2,1-3H3. The molecule has 0 fully saturated rings. The summed E-state index contributed by atoms with van der Waals surface area (Å²) >= 11 is 0. The number of aliphatic hydroxyl groups excluding tert-OH is 1. The van der Waals surface area contributed by atoms with Crippen molar-refractivity contribution in [1.29, 1.82) is 0 Å². The molecule has 15 heavy (non-hydrogen) atoms. The van der Waals surface area contributed by atoms with Crippen molar-refractivity contribution in [3.8, 4) is 0 Å². The Kier molecular flexibility index (Phi) is 2.27. The monoisotopic (exact) mass is 204 g/mol. The van der Waals surface area contributed by atoms with E-state index in [-0.39, 0.29) is 12.0 Å². The summed E-state index contributed by atoms with van der Waals surface area (Å²) in [6, 6.07) is 4.00. The molecule has 2 rings (SSSR count). The van der Waals surface area contributed by atoms with Crippen molar-refractivity contribution >= 4 is 5.65 Å². The second-order valence-corrected chi connectivity index (χ2v) is 4.77. The first-order chi connectivity index (χ1) is 7.04. The van der Waals surface area contributed by atoms with Crippen molar-refractivity contribution in [2.75, 3.05) is 0 Å². The number of hydrogen-bond acceptors (Lipinski definition) is 2. The fraction of sp³-hybridized carbons (Fsp3) is 0.417. The van der Waals surface area contributed by atoms with Crippen LogP contribution in [-0.2, 0) is 12.0 Å². The fourth-order valence-corrected chi connectivity index (χ4v) is 1.78. The van der Waals surface area contributed by atoms with E-state index in [9.17, 15) is 5.11 Å². The second kappa shape index (κ2) is 3.35. The van der Waals surface area contributed by atoms with Crippen molar-refractivity contribution in [1.82, 2.24) is 9.38 Å². The van der Waals surface area contributed by atoms with Crippen LogP contribution in [0.15, 0.2) is 24.5 Å². The topological polar surface area (TPSA) is 37.5 Å². The van der Waals surface area contributed by atoms with E-state index in [0.717, 1.165) is 11.3 Å². The van der Waals surface area contributed by atoms with Crippen LogP contribution < -0.4 is 0 Å². The lowest BCUT2D eigenvalue weighted by molar-refractivity contribution is 0.275. The van der Waals surface area contributed by atoms with Gasteiger partial charge in [0.1, 0.15) is 5.65 Å². The van der Waals surface area contributed by atoms with E-state index in [2.05, 4.69) is 25.8 Å². The highest BCUT2D eigenvalue weighted by molar-refractivity contribution is 5.52. The van der Waals surface area contributed by atoms with Crippen LogP contribution in [0.2, 0.25) is 0 Å². The molecular formula is C12H16N2O. The third-order valence-corrected chi connectivity index (χ3v) is 2.60.